The molecule has 1 heterocycles. The number of nitrogens with one attached hydrogen (secondary N) is 1. The summed E-state index contributed by atoms with van der Waals surface area (Å²) in [4.78, 5) is 0. The molecule has 0 aromatic heterocycles. The molecular weight excluding hydrogens is 362 g/mol. The SMILES string of the molecule is c1ccc(-c2ccc(C(c3ccc(-c4ccccc4)cc3)C3CCCN3)cc2)cc1. The lowest BCUT2D eigenvalue weighted by Gasteiger charge is -2.25. The maximum absolute atomic E-state index is 3.75. The van der Waals surface area contributed by atoms with Crippen molar-refractivity contribution in [3.05, 3.63) is 120 Å². The Hall–Kier alpha value is -3.16. The molecule has 1 unspecified atom stereocenters. The van der Waals surface area contributed by atoms with Gasteiger partial charge in [0.2, 0.25) is 0 Å². The van der Waals surface area contributed by atoms with Crippen LogP contribution >= 0.6 is 0 Å². The van der Waals surface area contributed by atoms with Gasteiger partial charge >= 0.3 is 0 Å². The molecule has 0 amide bonds. The summed E-state index contributed by atoms with van der Waals surface area (Å²) in [5.74, 6) is 0.377. The molecule has 1 heteroatoms. The second-order valence-corrected chi connectivity index (χ2v) is 8.16. The van der Waals surface area contributed by atoms with Gasteiger partial charge in [0.05, 0.1) is 0 Å². The van der Waals surface area contributed by atoms with Crippen LogP contribution < -0.4 is 5.32 Å². The molecule has 1 aliphatic heterocycles. The molecule has 0 radical (unpaired) electrons. The van der Waals surface area contributed by atoms with E-state index in [0.29, 0.717) is 12.0 Å². The van der Waals surface area contributed by atoms with Crippen molar-refractivity contribution in [1.82, 2.24) is 5.32 Å². The molecule has 1 atom stereocenters. The molecule has 1 N–H and O–H groups in total. The summed E-state index contributed by atoms with van der Waals surface area (Å²) < 4.78 is 0. The van der Waals surface area contributed by atoms with E-state index in [-0.39, 0.29) is 0 Å². The van der Waals surface area contributed by atoms with Crippen molar-refractivity contribution in [2.24, 2.45) is 0 Å². The number of rotatable bonds is 5. The van der Waals surface area contributed by atoms with Crippen molar-refractivity contribution in [3.63, 3.8) is 0 Å². The largest absolute Gasteiger partial charge is 0.313 e. The van der Waals surface area contributed by atoms with Gasteiger partial charge in [-0.25, -0.2) is 0 Å². The van der Waals surface area contributed by atoms with Gasteiger partial charge in [-0.2, -0.15) is 0 Å². The summed E-state index contributed by atoms with van der Waals surface area (Å²) in [6, 6.07) is 40.1. The lowest BCUT2D eigenvalue weighted by atomic mass is 9.83. The Labute approximate surface area is 179 Å². The topological polar surface area (TPSA) is 12.0 Å². The second-order valence-electron chi connectivity index (χ2n) is 8.16. The van der Waals surface area contributed by atoms with E-state index in [1.807, 2.05) is 0 Å². The van der Waals surface area contributed by atoms with Gasteiger partial charge in [-0.15, -0.1) is 0 Å². The van der Waals surface area contributed by atoms with Gasteiger partial charge in [0.25, 0.3) is 0 Å². The third kappa shape index (κ3) is 3.94. The van der Waals surface area contributed by atoms with E-state index < -0.39 is 0 Å². The minimum absolute atomic E-state index is 0.377. The smallest absolute Gasteiger partial charge is 0.0243 e. The number of hydrogen-bond acceptors (Lipinski definition) is 1. The number of benzene rings is 4. The average molecular weight is 390 g/mol. The van der Waals surface area contributed by atoms with Gasteiger partial charge < -0.3 is 5.32 Å². The van der Waals surface area contributed by atoms with Gasteiger partial charge in [-0.1, -0.05) is 109 Å². The lowest BCUT2D eigenvalue weighted by Crippen LogP contribution is -2.29. The van der Waals surface area contributed by atoms with E-state index in [0.717, 1.165) is 6.54 Å². The Bertz CT molecular complexity index is 978. The molecule has 0 aliphatic carbocycles. The predicted molar refractivity (Wildman–Crippen MR) is 127 cm³/mol. The Morgan fingerprint density at radius 1 is 0.533 bits per heavy atom. The molecule has 1 fully saturated rings. The molecule has 0 spiro atoms. The maximum Gasteiger partial charge on any atom is 0.0243 e. The summed E-state index contributed by atoms with van der Waals surface area (Å²) in [7, 11) is 0. The molecule has 4 aromatic rings. The first-order chi connectivity index (χ1) is 14.9. The van der Waals surface area contributed by atoms with E-state index in [1.54, 1.807) is 0 Å². The molecule has 1 aliphatic rings. The normalized spacial score (nSPS) is 16.1. The molecule has 1 nitrogen and oxygen atoms in total. The summed E-state index contributed by atoms with van der Waals surface area (Å²) in [5.41, 5.74) is 7.87. The van der Waals surface area contributed by atoms with Crippen molar-refractivity contribution >= 4 is 0 Å². The van der Waals surface area contributed by atoms with E-state index >= 15 is 0 Å². The van der Waals surface area contributed by atoms with Gasteiger partial charge in [0.15, 0.2) is 0 Å². The Balaban J connectivity index is 1.47. The first-order valence-electron chi connectivity index (χ1n) is 10.9. The van der Waals surface area contributed by atoms with Crippen LogP contribution in [0, 0.1) is 0 Å². The highest BCUT2D eigenvalue weighted by atomic mass is 14.9. The van der Waals surface area contributed by atoms with Crippen LogP contribution in [-0.2, 0) is 0 Å². The van der Waals surface area contributed by atoms with E-state index in [4.69, 9.17) is 0 Å². The fraction of sp³-hybridized carbons (Fsp3) is 0.172. The molecular formula is C29H27N. The zero-order valence-electron chi connectivity index (χ0n) is 17.2. The van der Waals surface area contributed by atoms with Crippen LogP contribution in [-0.4, -0.2) is 12.6 Å². The number of hydrogen-bond donors (Lipinski definition) is 1. The average Bonchev–Trinajstić information content (AvgIpc) is 3.36. The van der Waals surface area contributed by atoms with Crippen LogP contribution in [0.2, 0.25) is 0 Å². The first-order valence-corrected chi connectivity index (χ1v) is 10.9. The highest BCUT2D eigenvalue weighted by molar-refractivity contribution is 5.65. The Kier molecular flexibility index (Phi) is 5.46. The summed E-state index contributed by atoms with van der Waals surface area (Å²) in [5, 5.41) is 3.75. The van der Waals surface area contributed by atoms with E-state index in [1.165, 1.54) is 46.2 Å². The predicted octanol–water partition coefficient (Wildman–Crippen LogP) is 6.90. The first kappa shape index (κ1) is 18.8. The Morgan fingerprint density at radius 3 is 1.37 bits per heavy atom. The van der Waals surface area contributed by atoms with Crippen molar-refractivity contribution in [2.75, 3.05) is 6.54 Å². The molecule has 30 heavy (non-hydrogen) atoms. The standard InChI is InChI=1S/C29H27N/c1-3-8-22(9-4-1)24-13-17-26(18-14-24)29(28-12-7-21-30-28)27-19-15-25(16-20-27)23-10-5-2-6-11-23/h1-6,8-11,13-20,28-30H,7,12,21H2. The van der Waals surface area contributed by atoms with Gasteiger partial charge in [-0.05, 0) is 52.8 Å². The third-order valence-corrected chi connectivity index (χ3v) is 6.25. The zero-order valence-corrected chi connectivity index (χ0v) is 17.2. The van der Waals surface area contributed by atoms with Gasteiger partial charge in [0, 0.05) is 12.0 Å². The van der Waals surface area contributed by atoms with Gasteiger partial charge in [0.1, 0.15) is 0 Å². The molecule has 0 saturated carbocycles. The van der Waals surface area contributed by atoms with Crippen molar-refractivity contribution in [2.45, 2.75) is 24.8 Å². The van der Waals surface area contributed by atoms with Crippen molar-refractivity contribution in [1.29, 1.82) is 0 Å². The Morgan fingerprint density at radius 2 is 0.967 bits per heavy atom. The second kappa shape index (κ2) is 8.69. The molecule has 5 rings (SSSR count). The van der Waals surface area contributed by atoms with Crippen LogP contribution in [0.1, 0.15) is 29.9 Å². The summed E-state index contributed by atoms with van der Waals surface area (Å²) in [6.07, 6.45) is 2.48. The summed E-state index contributed by atoms with van der Waals surface area (Å²) in [6.45, 7) is 1.12. The monoisotopic (exact) mass is 389 g/mol. The van der Waals surface area contributed by atoms with E-state index in [9.17, 15) is 0 Å². The van der Waals surface area contributed by atoms with Crippen molar-refractivity contribution in [3.8, 4) is 22.3 Å². The third-order valence-electron chi connectivity index (χ3n) is 6.25. The fourth-order valence-electron chi connectivity index (χ4n) is 4.68. The quantitative estimate of drug-likeness (QED) is 0.391. The molecule has 0 bridgehead atoms. The van der Waals surface area contributed by atoms with Crippen LogP contribution in [0.25, 0.3) is 22.3 Å². The highest BCUT2D eigenvalue weighted by Crippen LogP contribution is 2.34. The van der Waals surface area contributed by atoms with Gasteiger partial charge in [-0.3, -0.25) is 0 Å². The molecule has 148 valence electrons. The van der Waals surface area contributed by atoms with Crippen molar-refractivity contribution < 1.29 is 0 Å². The van der Waals surface area contributed by atoms with Crippen LogP contribution in [0.4, 0.5) is 0 Å². The van der Waals surface area contributed by atoms with Crippen LogP contribution in [0.15, 0.2) is 109 Å². The minimum Gasteiger partial charge on any atom is -0.313 e. The highest BCUT2D eigenvalue weighted by Gasteiger charge is 2.27. The molecule has 4 aromatic carbocycles. The minimum atomic E-state index is 0.377. The summed E-state index contributed by atoms with van der Waals surface area (Å²) >= 11 is 0. The molecule has 1 saturated heterocycles. The zero-order chi connectivity index (χ0) is 20.2. The lowest BCUT2D eigenvalue weighted by molar-refractivity contribution is 0.540. The van der Waals surface area contributed by atoms with Crippen LogP contribution in [0.5, 0.6) is 0 Å². The van der Waals surface area contributed by atoms with Crippen LogP contribution in [0.3, 0.4) is 0 Å². The fourth-order valence-corrected chi connectivity index (χ4v) is 4.68. The van der Waals surface area contributed by atoms with E-state index in [2.05, 4.69) is 115 Å². The maximum atomic E-state index is 3.75.